The van der Waals surface area contributed by atoms with Gasteiger partial charge >= 0.3 is 0 Å². The second-order valence-electron chi connectivity index (χ2n) is 4.38. The molecule has 21 heavy (non-hydrogen) atoms. The standard InChI is InChI=1S/C13H12ClFN2O3S/c1-8-3-5-10(6-4-8)21(18,19)20-9(2)12-11(15)7-16-13(14)17-12/h3-7,9H,1-2H3. The lowest BCUT2D eigenvalue weighted by Crippen LogP contribution is -2.13. The number of benzene rings is 1. The second kappa shape index (κ2) is 6.05. The first-order valence-corrected chi connectivity index (χ1v) is 7.76. The van der Waals surface area contributed by atoms with Crippen LogP contribution in [0.4, 0.5) is 4.39 Å². The Morgan fingerprint density at radius 3 is 2.52 bits per heavy atom. The molecule has 0 radical (unpaired) electrons. The molecule has 0 bridgehead atoms. The van der Waals surface area contributed by atoms with Crippen LogP contribution < -0.4 is 0 Å². The summed E-state index contributed by atoms with van der Waals surface area (Å²) in [6.45, 7) is 3.20. The maximum absolute atomic E-state index is 13.6. The van der Waals surface area contributed by atoms with Crippen LogP contribution in [0.25, 0.3) is 0 Å². The molecule has 0 aliphatic heterocycles. The number of hydrogen-bond acceptors (Lipinski definition) is 5. The highest BCUT2D eigenvalue weighted by molar-refractivity contribution is 7.86. The number of aromatic nitrogens is 2. The van der Waals surface area contributed by atoms with Crippen molar-refractivity contribution < 1.29 is 17.0 Å². The topological polar surface area (TPSA) is 69.2 Å². The molecule has 0 spiro atoms. The van der Waals surface area contributed by atoms with Crippen LogP contribution in [0.2, 0.25) is 5.28 Å². The molecule has 0 aliphatic carbocycles. The monoisotopic (exact) mass is 330 g/mol. The fourth-order valence-corrected chi connectivity index (χ4v) is 2.83. The van der Waals surface area contributed by atoms with Gasteiger partial charge in [0.15, 0.2) is 5.82 Å². The van der Waals surface area contributed by atoms with Crippen LogP contribution in [-0.2, 0) is 14.3 Å². The fraction of sp³-hybridized carbons (Fsp3) is 0.231. The highest BCUT2D eigenvalue weighted by atomic mass is 35.5. The van der Waals surface area contributed by atoms with Gasteiger partial charge < -0.3 is 0 Å². The Balaban J connectivity index is 2.27. The van der Waals surface area contributed by atoms with Gasteiger partial charge in [-0.1, -0.05) is 17.7 Å². The molecule has 5 nitrogen and oxygen atoms in total. The van der Waals surface area contributed by atoms with E-state index in [1.807, 2.05) is 6.92 Å². The van der Waals surface area contributed by atoms with Crippen molar-refractivity contribution in [1.82, 2.24) is 9.97 Å². The van der Waals surface area contributed by atoms with Crippen LogP contribution in [0.3, 0.4) is 0 Å². The molecule has 1 unspecified atom stereocenters. The summed E-state index contributed by atoms with van der Waals surface area (Å²) in [5.74, 6) is -0.786. The van der Waals surface area contributed by atoms with Crippen molar-refractivity contribution in [3.63, 3.8) is 0 Å². The minimum absolute atomic E-state index is 0.0134. The van der Waals surface area contributed by atoms with E-state index in [1.165, 1.54) is 19.1 Å². The minimum atomic E-state index is -4.02. The summed E-state index contributed by atoms with van der Waals surface area (Å²) in [7, 11) is -4.02. The predicted octanol–water partition coefficient (Wildman–Crippen LogP) is 3.04. The summed E-state index contributed by atoms with van der Waals surface area (Å²) < 4.78 is 42.8. The Morgan fingerprint density at radius 1 is 1.29 bits per heavy atom. The molecule has 0 saturated heterocycles. The zero-order valence-corrected chi connectivity index (χ0v) is 12.8. The molecule has 1 aromatic carbocycles. The lowest BCUT2D eigenvalue weighted by molar-refractivity contribution is 0.223. The molecular weight excluding hydrogens is 319 g/mol. The molecule has 0 saturated carbocycles. The van der Waals surface area contributed by atoms with E-state index in [0.29, 0.717) is 0 Å². The molecule has 2 rings (SSSR count). The van der Waals surface area contributed by atoms with Gasteiger partial charge in [0.2, 0.25) is 5.28 Å². The van der Waals surface area contributed by atoms with Crippen molar-refractivity contribution in [2.24, 2.45) is 0 Å². The maximum atomic E-state index is 13.6. The lowest BCUT2D eigenvalue weighted by atomic mass is 10.2. The normalized spacial score (nSPS) is 13.1. The van der Waals surface area contributed by atoms with Crippen LogP contribution in [-0.4, -0.2) is 18.4 Å². The van der Waals surface area contributed by atoms with E-state index in [2.05, 4.69) is 9.97 Å². The largest absolute Gasteiger partial charge is 0.297 e. The minimum Gasteiger partial charge on any atom is -0.257 e. The van der Waals surface area contributed by atoms with E-state index < -0.39 is 22.0 Å². The van der Waals surface area contributed by atoms with Crippen LogP contribution in [0, 0.1) is 12.7 Å². The highest BCUT2D eigenvalue weighted by Gasteiger charge is 2.23. The van der Waals surface area contributed by atoms with Crippen molar-refractivity contribution in [3.8, 4) is 0 Å². The van der Waals surface area contributed by atoms with Gasteiger partial charge in [-0.05, 0) is 37.6 Å². The average Bonchev–Trinajstić information content (AvgIpc) is 2.41. The SMILES string of the molecule is Cc1ccc(S(=O)(=O)OC(C)c2nc(Cl)ncc2F)cc1. The van der Waals surface area contributed by atoms with Gasteiger partial charge in [0.25, 0.3) is 10.1 Å². The Labute approximate surface area is 126 Å². The number of hydrogen-bond donors (Lipinski definition) is 0. The summed E-state index contributed by atoms with van der Waals surface area (Å²) in [4.78, 5) is 7.10. The van der Waals surface area contributed by atoms with Gasteiger partial charge in [-0.2, -0.15) is 8.42 Å². The zero-order chi connectivity index (χ0) is 15.6. The van der Waals surface area contributed by atoms with Crippen LogP contribution in [0.15, 0.2) is 35.4 Å². The van der Waals surface area contributed by atoms with Gasteiger partial charge in [0.1, 0.15) is 11.8 Å². The van der Waals surface area contributed by atoms with Crippen molar-refractivity contribution in [2.75, 3.05) is 0 Å². The Hall–Kier alpha value is -1.57. The smallest absolute Gasteiger partial charge is 0.257 e. The van der Waals surface area contributed by atoms with E-state index in [9.17, 15) is 12.8 Å². The van der Waals surface area contributed by atoms with E-state index in [-0.39, 0.29) is 15.9 Å². The molecule has 1 atom stereocenters. The molecule has 1 aromatic heterocycles. The van der Waals surface area contributed by atoms with Gasteiger partial charge in [-0.25, -0.2) is 14.4 Å². The maximum Gasteiger partial charge on any atom is 0.297 e. The number of aryl methyl sites for hydroxylation is 1. The third-order valence-electron chi connectivity index (χ3n) is 2.71. The predicted molar refractivity (Wildman–Crippen MR) is 74.9 cm³/mol. The van der Waals surface area contributed by atoms with Gasteiger partial charge in [-0.3, -0.25) is 4.18 Å². The lowest BCUT2D eigenvalue weighted by Gasteiger charge is -2.13. The van der Waals surface area contributed by atoms with Gasteiger partial charge in [-0.15, -0.1) is 0 Å². The second-order valence-corrected chi connectivity index (χ2v) is 6.29. The highest BCUT2D eigenvalue weighted by Crippen LogP contribution is 2.24. The third kappa shape index (κ3) is 3.75. The molecule has 0 amide bonds. The Kier molecular flexibility index (Phi) is 4.55. The molecule has 0 fully saturated rings. The summed E-state index contributed by atoms with van der Waals surface area (Å²) in [6, 6.07) is 6.12. The molecule has 8 heteroatoms. The number of halogens is 2. The molecule has 0 aliphatic rings. The first kappa shape index (κ1) is 15.8. The Morgan fingerprint density at radius 2 is 1.90 bits per heavy atom. The first-order chi connectivity index (χ1) is 9.79. The summed E-state index contributed by atoms with van der Waals surface area (Å²) in [5, 5.41) is -0.186. The number of rotatable bonds is 4. The molecular formula is C13H12ClFN2O3S. The number of nitrogens with zero attached hydrogens (tertiary/aromatic N) is 2. The fourth-order valence-electron chi connectivity index (χ4n) is 1.64. The summed E-state index contributed by atoms with van der Waals surface area (Å²) >= 11 is 5.57. The summed E-state index contributed by atoms with van der Waals surface area (Å²) in [6.07, 6.45) is -0.264. The zero-order valence-electron chi connectivity index (χ0n) is 11.2. The van der Waals surface area contributed by atoms with Crippen LogP contribution in [0.1, 0.15) is 24.3 Å². The molecule has 0 N–H and O–H groups in total. The summed E-state index contributed by atoms with van der Waals surface area (Å²) in [5.41, 5.74) is 0.696. The van der Waals surface area contributed by atoms with E-state index in [4.69, 9.17) is 15.8 Å². The van der Waals surface area contributed by atoms with E-state index >= 15 is 0 Å². The van der Waals surface area contributed by atoms with Crippen molar-refractivity contribution in [3.05, 3.63) is 52.8 Å². The van der Waals surface area contributed by atoms with Gasteiger partial charge in [0.05, 0.1) is 11.1 Å². The van der Waals surface area contributed by atoms with Crippen molar-refractivity contribution in [2.45, 2.75) is 24.8 Å². The molecule has 2 aromatic rings. The Bertz CT molecular complexity index is 751. The van der Waals surface area contributed by atoms with Crippen molar-refractivity contribution >= 4 is 21.7 Å². The first-order valence-electron chi connectivity index (χ1n) is 5.97. The van der Waals surface area contributed by atoms with Gasteiger partial charge in [0, 0.05) is 0 Å². The molecule has 112 valence electrons. The van der Waals surface area contributed by atoms with E-state index in [0.717, 1.165) is 11.8 Å². The molecule has 1 heterocycles. The van der Waals surface area contributed by atoms with E-state index in [1.54, 1.807) is 12.1 Å². The third-order valence-corrected chi connectivity index (χ3v) is 4.28. The quantitative estimate of drug-likeness (QED) is 0.636. The van der Waals surface area contributed by atoms with Crippen LogP contribution in [0.5, 0.6) is 0 Å². The van der Waals surface area contributed by atoms with Crippen molar-refractivity contribution in [1.29, 1.82) is 0 Å². The van der Waals surface area contributed by atoms with Crippen LogP contribution >= 0.6 is 11.6 Å². The average molecular weight is 331 g/mol.